The summed E-state index contributed by atoms with van der Waals surface area (Å²) in [6.45, 7) is 5.49. The molecular formula is C11H18O3. The molecule has 14 heavy (non-hydrogen) atoms. The number of ether oxygens (including phenoxy) is 3. The van der Waals surface area contributed by atoms with E-state index in [-0.39, 0.29) is 11.9 Å². The van der Waals surface area contributed by atoms with Crippen LogP contribution in [0.1, 0.15) is 25.7 Å². The maximum Gasteiger partial charge on any atom is 0.169 e. The van der Waals surface area contributed by atoms with Crippen molar-refractivity contribution in [2.24, 2.45) is 0 Å². The SMILES string of the molecule is C=CCOCC1COC2(CCCC2)O1. The van der Waals surface area contributed by atoms with Gasteiger partial charge in [0.2, 0.25) is 0 Å². The molecule has 0 aromatic heterocycles. The summed E-state index contributed by atoms with van der Waals surface area (Å²) in [6, 6.07) is 0. The van der Waals surface area contributed by atoms with Crippen LogP contribution in [0.3, 0.4) is 0 Å². The first-order valence-corrected chi connectivity index (χ1v) is 5.35. The second kappa shape index (κ2) is 4.43. The summed E-state index contributed by atoms with van der Waals surface area (Å²) in [7, 11) is 0. The summed E-state index contributed by atoms with van der Waals surface area (Å²) in [4.78, 5) is 0. The fourth-order valence-electron chi connectivity index (χ4n) is 2.16. The second-order valence-electron chi connectivity index (χ2n) is 3.99. The van der Waals surface area contributed by atoms with Gasteiger partial charge in [0.15, 0.2) is 5.79 Å². The van der Waals surface area contributed by atoms with Gasteiger partial charge in [-0.2, -0.15) is 0 Å². The summed E-state index contributed by atoms with van der Waals surface area (Å²) in [6.07, 6.45) is 6.41. The number of rotatable bonds is 4. The van der Waals surface area contributed by atoms with Gasteiger partial charge in [-0.25, -0.2) is 0 Å². The molecule has 80 valence electrons. The molecule has 1 saturated heterocycles. The van der Waals surface area contributed by atoms with Gasteiger partial charge in [0.1, 0.15) is 6.10 Å². The van der Waals surface area contributed by atoms with Crippen LogP contribution in [0, 0.1) is 0 Å². The Labute approximate surface area is 85.0 Å². The zero-order valence-electron chi connectivity index (χ0n) is 8.54. The summed E-state index contributed by atoms with van der Waals surface area (Å²) in [5, 5.41) is 0. The van der Waals surface area contributed by atoms with Crippen LogP contribution in [0.2, 0.25) is 0 Å². The Morgan fingerprint density at radius 3 is 2.93 bits per heavy atom. The largest absolute Gasteiger partial charge is 0.375 e. The molecule has 2 aliphatic rings. The molecule has 0 amide bonds. The highest BCUT2D eigenvalue weighted by Gasteiger charge is 2.43. The van der Waals surface area contributed by atoms with Crippen LogP contribution in [0.4, 0.5) is 0 Å². The van der Waals surface area contributed by atoms with Gasteiger partial charge in [-0.15, -0.1) is 6.58 Å². The molecule has 1 heterocycles. The molecule has 0 radical (unpaired) electrons. The van der Waals surface area contributed by atoms with Crippen LogP contribution in [0.15, 0.2) is 12.7 Å². The van der Waals surface area contributed by atoms with E-state index in [2.05, 4.69) is 6.58 Å². The smallest absolute Gasteiger partial charge is 0.169 e. The Hall–Kier alpha value is -0.380. The zero-order valence-corrected chi connectivity index (χ0v) is 8.54. The van der Waals surface area contributed by atoms with Gasteiger partial charge in [0.25, 0.3) is 0 Å². The molecule has 1 atom stereocenters. The average molecular weight is 198 g/mol. The molecule has 0 bridgehead atoms. The van der Waals surface area contributed by atoms with Crippen molar-refractivity contribution in [3.8, 4) is 0 Å². The molecule has 0 N–H and O–H groups in total. The van der Waals surface area contributed by atoms with Crippen molar-refractivity contribution in [1.29, 1.82) is 0 Å². The van der Waals surface area contributed by atoms with Crippen LogP contribution < -0.4 is 0 Å². The normalized spacial score (nSPS) is 29.9. The van der Waals surface area contributed by atoms with E-state index in [0.29, 0.717) is 19.8 Å². The minimum atomic E-state index is -0.248. The topological polar surface area (TPSA) is 27.7 Å². The van der Waals surface area contributed by atoms with E-state index in [1.54, 1.807) is 6.08 Å². The minimum absolute atomic E-state index is 0.119. The van der Waals surface area contributed by atoms with Gasteiger partial charge in [0, 0.05) is 12.8 Å². The van der Waals surface area contributed by atoms with Crippen molar-refractivity contribution < 1.29 is 14.2 Å². The lowest BCUT2D eigenvalue weighted by molar-refractivity contribution is -0.166. The molecule has 2 fully saturated rings. The standard InChI is InChI=1S/C11H18O3/c1-2-7-12-8-10-9-13-11(14-10)5-3-4-6-11/h2,10H,1,3-9H2. The van der Waals surface area contributed by atoms with Crippen molar-refractivity contribution in [1.82, 2.24) is 0 Å². The van der Waals surface area contributed by atoms with Gasteiger partial charge in [-0.05, 0) is 12.8 Å². The molecule has 1 spiro atoms. The van der Waals surface area contributed by atoms with Crippen LogP contribution in [-0.2, 0) is 14.2 Å². The molecule has 1 aliphatic carbocycles. The average Bonchev–Trinajstić information content (AvgIpc) is 2.79. The predicted octanol–water partition coefficient (Wildman–Crippen LogP) is 1.87. The second-order valence-corrected chi connectivity index (χ2v) is 3.99. The Balaban J connectivity index is 1.74. The van der Waals surface area contributed by atoms with E-state index in [9.17, 15) is 0 Å². The maximum atomic E-state index is 5.87. The van der Waals surface area contributed by atoms with E-state index < -0.39 is 0 Å². The lowest BCUT2D eigenvalue weighted by Crippen LogP contribution is -2.27. The molecule has 2 rings (SSSR count). The van der Waals surface area contributed by atoms with E-state index in [0.717, 1.165) is 12.8 Å². The van der Waals surface area contributed by atoms with Crippen LogP contribution in [0.25, 0.3) is 0 Å². The molecule has 1 saturated carbocycles. The molecule has 0 aromatic rings. The van der Waals surface area contributed by atoms with Gasteiger partial charge < -0.3 is 14.2 Å². The first-order valence-electron chi connectivity index (χ1n) is 5.35. The lowest BCUT2D eigenvalue weighted by atomic mass is 10.2. The van der Waals surface area contributed by atoms with Crippen LogP contribution in [-0.4, -0.2) is 31.7 Å². The van der Waals surface area contributed by atoms with Crippen molar-refractivity contribution in [3.63, 3.8) is 0 Å². The van der Waals surface area contributed by atoms with Crippen molar-refractivity contribution in [2.45, 2.75) is 37.6 Å². The highest BCUT2D eigenvalue weighted by atomic mass is 16.7. The van der Waals surface area contributed by atoms with E-state index in [4.69, 9.17) is 14.2 Å². The zero-order chi connectivity index (χ0) is 9.86. The van der Waals surface area contributed by atoms with Gasteiger partial charge in [0.05, 0.1) is 19.8 Å². The van der Waals surface area contributed by atoms with E-state index in [1.165, 1.54) is 12.8 Å². The fourth-order valence-corrected chi connectivity index (χ4v) is 2.16. The molecule has 3 heteroatoms. The fraction of sp³-hybridized carbons (Fsp3) is 0.818. The quantitative estimate of drug-likeness (QED) is 0.510. The summed E-state index contributed by atoms with van der Waals surface area (Å²) in [5.41, 5.74) is 0. The Bertz CT molecular complexity index is 197. The monoisotopic (exact) mass is 198 g/mol. The Morgan fingerprint density at radius 2 is 2.21 bits per heavy atom. The number of hydrogen-bond donors (Lipinski definition) is 0. The van der Waals surface area contributed by atoms with Gasteiger partial charge in [-0.3, -0.25) is 0 Å². The van der Waals surface area contributed by atoms with Gasteiger partial charge in [-0.1, -0.05) is 6.08 Å². The maximum absolute atomic E-state index is 5.87. The highest BCUT2D eigenvalue weighted by molar-refractivity contribution is 4.84. The predicted molar refractivity (Wildman–Crippen MR) is 53.0 cm³/mol. The lowest BCUT2D eigenvalue weighted by Gasteiger charge is -2.21. The minimum Gasteiger partial charge on any atom is -0.375 e. The summed E-state index contributed by atoms with van der Waals surface area (Å²) >= 11 is 0. The third kappa shape index (κ3) is 2.16. The van der Waals surface area contributed by atoms with E-state index in [1.807, 2.05) is 0 Å². The molecule has 3 nitrogen and oxygen atoms in total. The van der Waals surface area contributed by atoms with Crippen molar-refractivity contribution >= 4 is 0 Å². The molecule has 1 unspecified atom stereocenters. The van der Waals surface area contributed by atoms with Crippen molar-refractivity contribution in [3.05, 3.63) is 12.7 Å². The van der Waals surface area contributed by atoms with Gasteiger partial charge >= 0.3 is 0 Å². The number of hydrogen-bond acceptors (Lipinski definition) is 3. The Morgan fingerprint density at radius 1 is 1.43 bits per heavy atom. The molecular weight excluding hydrogens is 180 g/mol. The summed E-state index contributed by atoms with van der Waals surface area (Å²) in [5.74, 6) is -0.248. The molecule has 1 aliphatic heterocycles. The Kier molecular flexibility index (Phi) is 3.21. The first kappa shape index (κ1) is 10.1. The summed E-state index contributed by atoms with van der Waals surface area (Å²) < 4.78 is 16.9. The third-order valence-electron chi connectivity index (χ3n) is 2.82. The van der Waals surface area contributed by atoms with Crippen molar-refractivity contribution in [2.75, 3.05) is 19.8 Å². The van der Waals surface area contributed by atoms with Crippen LogP contribution >= 0.6 is 0 Å². The van der Waals surface area contributed by atoms with Crippen LogP contribution in [0.5, 0.6) is 0 Å². The van der Waals surface area contributed by atoms with E-state index >= 15 is 0 Å². The molecule has 0 aromatic carbocycles. The first-order chi connectivity index (χ1) is 6.85. The highest BCUT2D eigenvalue weighted by Crippen LogP contribution is 2.39. The third-order valence-corrected chi connectivity index (χ3v) is 2.82.